The molecule has 2 atom stereocenters. The Morgan fingerprint density at radius 1 is 1.26 bits per heavy atom. The summed E-state index contributed by atoms with van der Waals surface area (Å²) in [5.74, 6) is -2.14. The lowest BCUT2D eigenvalue weighted by atomic mass is 10.0. The van der Waals surface area contributed by atoms with Gasteiger partial charge in [0.25, 0.3) is 18.2 Å². The number of hydrogen-bond donors (Lipinski definition) is 3. The molecule has 1 aliphatic heterocycles. The first-order valence-electron chi connectivity index (χ1n) is 12.0. The summed E-state index contributed by atoms with van der Waals surface area (Å²) in [6.07, 6.45) is -6.21. The number of likely N-dealkylation sites (tertiary alicyclic amines) is 1. The zero-order valence-corrected chi connectivity index (χ0v) is 22.4. The van der Waals surface area contributed by atoms with E-state index in [0.29, 0.717) is 36.8 Å². The van der Waals surface area contributed by atoms with Gasteiger partial charge in [0.15, 0.2) is 5.01 Å². The standard InChI is InChI=1S/C24H29F6N5O3S/c1-12-6-5-7-35(12)20(37)16-17(39-19(33-16)18(36)32-11-22(2,3)38)13-9-31-15(8-14(13)24(28,29)30)34-23(4,10-25)21(26)27/h8-9,12,21,38H,5-7,10-11H2,1-4H3,(H,31,34)(H,32,36). The van der Waals surface area contributed by atoms with Crippen LogP contribution in [0.5, 0.6) is 0 Å². The van der Waals surface area contributed by atoms with Crippen LogP contribution >= 0.6 is 11.3 Å². The Bertz CT molecular complexity index is 1220. The molecular formula is C24H29F6N5O3S. The van der Waals surface area contributed by atoms with Crippen LogP contribution in [0.3, 0.4) is 0 Å². The number of nitrogens with zero attached hydrogens (tertiary/aromatic N) is 3. The number of anilines is 1. The molecule has 39 heavy (non-hydrogen) atoms. The number of thiazole rings is 1. The number of aliphatic hydroxyl groups is 1. The second-order valence-corrected chi connectivity index (χ2v) is 11.3. The van der Waals surface area contributed by atoms with E-state index < -0.39 is 64.9 Å². The normalized spacial score (nSPS) is 17.8. The molecule has 2 aromatic heterocycles. The van der Waals surface area contributed by atoms with Gasteiger partial charge in [0.2, 0.25) is 0 Å². The number of carbonyl (C=O) groups is 2. The number of nitrogens with one attached hydrogen (secondary N) is 2. The van der Waals surface area contributed by atoms with E-state index in [2.05, 4.69) is 15.3 Å². The summed E-state index contributed by atoms with van der Waals surface area (Å²) in [6.45, 7) is 4.02. The van der Waals surface area contributed by atoms with Gasteiger partial charge in [0.05, 0.1) is 16.0 Å². The lowest BCUT2D eigenvalue weighted by Crippen LogP contribution is -2.44. The average Bonchev–Trinajstić information content (AvgIpc) is 3.47. The monoisotopic (exact) mass is 581 g/mol. The van der Waals surface area contributed by atoms with Crippen molar-refractivity contribution in [3.05, 3.63) is 28.5 Å². The number of pyridine rings is 1. The fraction of sp³-hybridized carbons (Fsp3) is 0.583. The van der Waals surface area contributed by atoms with Crippen LogP contribution in [0.1, 0.15) is 66.4 Å². The molecule has 15 heteroatoms. The minimum Gasteiger partial charge on any atom is -0.389 e. The van der Waals surface area contributed by atoms with Crippen LogP contribution in [0.15, 0.2) is 12.3 Å². The van der Waals surface area contributed by atoms with Crippen LogP contribution < -0.4 is 10.6 Å². The molecule has 3 rings (SSSR count). The van der Waals surface area contributed by atoms with Gasteiger partial charge in [-0.1, -0.05) is 0 Å². The van der Waals surface area contributed by atoms with E-state index >= 15 is 0 Å². The molecule has 0 saturated carbocycles. The van der Waals surface area contributed by atoms with Crippen molar-refractivity contribution in [3.63, 3.8) is 0 Å². The number of alkyl halides is 6. The van der Waals surface area contributed by atoms with Crippen molar-refractivity contribution in [2.24, 2.45) is 0 Å². The van der Waals surface area contributed by atoms with Gasteiger partial charge in [0, 0.05) is 30.9 Å². The van der Waals surface area contributed by atoms with Gasteiger partial charge >= 0.3 is 6.18 Å². The predicted octanol–water partition coefficient (Wildman–Crippen LogP) is 4.75. The zero-order valence-electron chi connectivity index (χ0n) is 21.6. The average molecular weight is 582 g/mol. The van der Waals surface area contributed by atoms with Gasteiger partial charge in [-0.2, -0.15) is 13.2 Å². The van der Waals surface area contributed by atoms with Crippen LogP contribution in [0.25, 0.3) is 10.4 Å². The molecule has 2 aromatic rings. The Morgan fingerprint density at radius 2 is 1.92 bits per heavy atom. The van der Waals surface area contributed by atoms with Crippen LogP contribution in [-0.4, -0.2) is 75.2 Å². The van der Waals surface area contributed by atoms with E-state index in [1.807, 2.05) is 5.32 Å². The maximum absolute atomic E-state index is 14.2. The molecule has 1 fully saturated rings. The van der Waals surface area contributed by atoms with E-state index in [0.717, 1.165) is 13.1 Å². The van der Waals surface area contributed by atoms with Gasteiger partial charge in [-0.25, -0.2) is 23.1 Å². The minimum absolute atomic E-state index is 0.194. The van der Waals surface area contributed by atoms with Gasteiger partial charge < -0.3 is 20.6 Å². The molecule has 0 bridgehead atoms. The topological polar surface area (TPSA) is 107 Å². The fourth-order valence-electron chi connectivity index (χ4n) is 3.87. The molecule has 3 heterocycles. The maximum atomic E-state index is 14.2. The molecule has 216 valence electrons. The van der Waals surface area contributed by atoms with Crippen molar-refractivity contribution < 1.29 is 41.0 Å². The van der Waals surface area contributed by atoms with Crippen molar-refractivity contribution in [1.29, 1.82) is 0 Å². The molecular weight excluding hydrogens is 552 g/mol. The third kappa shape index (κ3) is 6.99. The maximum Gasteiger partial charge on any atom is 0.417 e. The molecule has 0 aromatic carbocycles. The lowest BCUT2D eigenvalue weighted by molar-refractivity contribution is -0.137. The van der Waals surface area contributed by atoms with Crippen molar-refractivity contribution in [2.75, 3.05) is 25.1 Å². The molecule has 0 radical (unpaired) electrons. The highest BCUT2D eigenvalue weighted by atomic mass is 32.1. The number of rotatable bonds is 9. The van der Waals surface area contributed by atoms with E-state index in [1.54, 1.807) is 6.92 Å². The van der Waals surface area contributed by atoms with Gasteiger partial charge in [-0.15, -0.1) is 11.3 Å². The highest BCUT2D eigenvalue weighted by Crippen LogP contribution is 2.42. The molecule has 3 N–H and O–H groups in total. The van der Waals surface area contributed by atoms with Crippen molar-refractivity contribution in [2.45, 2.75) is 70.3 Å². The first kappa shape index (κ1) is 30.6. The lowest BCUT2D eigenvalue weighted by Gasteiger charge is -2.27. The predicted molar refractivity (Wildman–Crippen MR) is 133 cm³/mol. The molecule has 1 aliphatic rings. The molecule has 2 amide bonds. The van der Waals surface area contributed by atoms with E-state index in [1.165, 1.54) is 18.7 Å². The highest BCUT2D eigenvalue weighted by molar-refractivity contribution is 7.17. The third-order valence-corrected chi connectivity index (χ3v) is 7.23. The van der Waals surface area contributed by atoms with Crippen molar-refractivity contribution in [3.8, 4) is 10.4 Å². The Hall–Kier alpha value is -2.94. The number of amides is 2. The van der Waals surface area contributed by atoms with Crippen LogP contribution in [-0.2, 0) is 6.18 Å². The Labute approximate surface area is 224 Å². The third-order valence-electron chi connectivity index (χ3n) is 6.15. The first-order valence-corrected chi connectivity index (χ1v) is 12.8. The van der Waals surface area contributed by atoms with Gasteiger partial charge in [0.1, 0.15) is 23.7 Å². The fourth-order valence-corrected chi connectivity index (χ4v) is 4.86. The van der Waals surface area contributed by atoms with Gasteiger partial charge in [-0.05, 0) is 46.6 Å². The van der Waals surface area contributed by atoms with Gasteiger partial charge in [-0.3, -0.25) is 9.59 Å². The SMILES string of the molecule is CC1CCCN1C(=O)c1nc(C(=O)NCC(C)(C)O)sc1-c1cnc(NC(C)(CF)C(F)F)cc1C(F)(F)F. The number of hydrogen-bond acceptors (Lipinski definition) is 7. The van der Waals surface area contributed by atoms with Crippen molar-refractivity contribution >= 4 is 29.0 Å². The summed E-state index contributed by atoms with van der Waals surface area (Å²) in [5, 5.41) is 14.0. The number of aromatic nitrogens is 2. The smallest absolute Gasteiger partial charge is 0.389 e. The Kier molecular flexibility index (Phi) is 8.85. The molecule has 8 nitrogen and oxygen atoms in total. The molecule has 0 aliphatic carbocycles. The van der Waals surface area contributed by atoms with Crippen LogP contribution in [0.4, 0.5) is 32.2 Å². The summed E-state index contributed by atoms with van der Waals surface area (Å²) in [5.41, 5.74) is -6.11. The second kappa shape index (κ2) is 11.3. The first-order chi connectivity index (χ1) is 18.0. The highest BCUT2D eigenvalue weighted by Gasteiger charge is 2.40. The molecule has 1 saturated heterocycles. The Balaban J connectivity index is 2.14. The summed E-state index contributed by atoms with van der Waals surface area (Å²) in [6, 6.07) is 0.241. The second-order valence-electron chi connectivity index (χ2n) is 10.3. The summed E-state index contributed by atoms with van der Waals surface area (Å²) in [7, 11) is 0. The summed E-state index contributed by atoms with van der Waals surface area (Å²) < 4.78 is 82.6. The largest absolute Gasteiger partial charge is 0.417 e. The molecule has 2 unspecified atom stereocenters. The Morgan fingerprint density at radius 3 is 2.44 bits per heavy atom. The minimum atomic E-state index is -5.04. The number of halogens is 6. The van der Waals surface area contributed by atoms with Crippen LogP contribution in [0.2, 0.25) is 0 Å². The van der Waals surface area contributed by atoms with E-state index in [4.69, 9.17) is 0 Å². The molecule has 0 spiro atoms. The van der Waals surface area contributed by atoms with E-state index in [9.17, 15) is 41.0 Å². The van der Waals surface area contributed by atoms with Crippen molar-refractivity contribution in [1.82, 2.24) is 20.2 Å². The summed E-state index contributed by atoms with van der Waals surface area (Å²) >= 11 is 0.526. The van der Waals surface area contributed by atoms with E-state index in [-0.39, 0.29) is 22.5 Å². The quantitative estimate of drug-likeness (QED) is 0.369. The van der Waals surface area contributed by atoms with Crippen LogP contribution in [0, 0.1) is 0 Å². The number of carbonyl (C=O) groups excluding carboxylic acids is 2. The summed E-state index contributed by atoms with van der Waals surface area (Å²) in [4.78, 5) is 35.2. The zero-order chi connectivity index (χ0) is 29.3.